The third kappa shape index (κ3) is 23.3. The van der Waals surface area contributed by atoms with Crippen LogP contribution in [0.15, 0.2) is 4.99 Å². The standard InChI is InChI=1S/C40H79N3O/c1-5-7-9-11-13-15-17-19-20-21-23-24-26-28-30-32-34-38-41-36-37-43(38)40(3,4)42-39(44)35-33-31-29-27-25-22-18-16-14-12-10-8-6-2/h5-37H2,1-4H3,(H,42,44). The third-order valence-electron chi connectivity index (χ3n) is 9.81. The summed E-state index contributed by atoms with van der Waals surface area (Å²) in [6.45, 7) is 10.7. The summed E-state index contributed by atoms with van der Waals surface area (Å²) in [5.74, 6) is 1.41. The summed E-state index contributed by atoms with van der Waals surface area (Å²) in [5, 5.41) is 3.33. The molecule has 0 aromatic carbocycles. The molecule has 0 bridgehead atoms. The first kappa shape index (κ1) is 41.0. The van der Waals surface area contributed by atoms with Gasteiger partial charge in [-0.05, 0) is 26.7 Å². The lowest BCUT2D eigenvalue weighted by Gasteiger charge is -2.38. The van der Waals surface area contributed by atoms with Gasteiger partial charge in [-0.2, -0.15) is 0 Å². The van der Waals surface area contributed by atoms with Gasteiger partial charge in [-0.25, -0.2) is 0 Å². The fourth-order valence-corrected chi connectivity index (χ4v) is 6.92. The lowest BCUT2D eigenvalue weighted by Crippen LogP contribution is -2.57. The number of hydrogen-bond donors (Lipinski definition) is 1. The van der Waals surface area contributed by atoms with E-state index in [0.29, 0.717) is 6.42 Å². The molecular weight excluding hydrogens is 538 g/mol. The highest BCUT2D eigenvalue weighted by molar-refractivity contribution is 5.85. The maximum Gasteiger partial charge on any atom is 0.221 e. The number of amides is 1. The summed E-state index contributed by atoms with van der Waals surface area (Å²) < 4.78 is 0. The first-order valence-corrected chi connectivity index (χ1v) is 20.1. The van der Waals surface area contributed by atoms with Crippen LogP contribution in [0.2, 0.25) is 0 Å². The molecule has 1 N–H and O–H groups in total. The Bertz CT molecular complexity index is 674. The van der Waals surface area contributed by atoms with Gasteiger partial charge in [0, 0.05) is 19.4 Å². The summed E-state index contributed by atoms with van der Waals surface area (Å²) in [6.07, 6.45) is 41.5. The predicted octanol–water partition coefficient (Wildman–Crippen LogP) is 12.7. The number of carbonyl (C=O) groups excluding carboxylic acids is 1. The predicted molar refractivity (Wildman–Crippen MR) is 196 cm³/mol. The molecule has 0 radical (unpaired) electrons. The highest BCUT2D eigenvalue weighted by atomic mass is 16.1. The molecule has 0 unspecified atom stereocenters. The van der Waals surface area contributed by atoms with Crippen LogP contribution in [0.5, 0.6) is 0 Å². The largest absolute Gasteiger partial charge is 0.336 e. The first-order chi connectivity index (χ1) is 21.5. The molecule has 1 aliphatic heterocycles. The Labute approximate surface area is 276 Å². The maximum atomic E-state index is 12.8. The Hall–Kier alpha value is -1.06. The highest BCUT2D eigenvalue weighted by Crippen LogP contribution is 2.21. The quantitative estimate of drug-likeness (QED) is 0.0744. The minimum Gasteiger partial charge on any atom is -0.336 e. The Morgan fingerprint density at radius 2 is 0.909 bits per heavy atom. The minimum atomic E-state index is -0.349. The van der Waals surface area contributed by atoms with Crippen molar-refractivity contribution in [1.29, 1.82) is 0 Å². The Balaban J connectivity index is 1.99. The van der Waals surface area contributed by atoms with Gasteiger partial charge in [-0.15, -0.1) is 0 Å². The summed E-state index contributed by atoms with van der Waals surface area (Å²) in [6, 6.07) is 0. The van der Waals surface area contributed by atoms with Gasteiger partial charge in [0.1, 0.15) is 11.5 Å². The van der Waals surface area contributed by atoms with Crippen LogP contribution < -0.4 is 5.32 Å². The van der Waals surface area contributed by atoms with E-state index in [2.05, 4.69) is 37.9 Å². The second-order valence-electron chi connectivity index (χ2n) is 14.6. The van der Waals surface area contributed by atoms with E-state index in [9.17, 15) is 4.79 Å². The normalized spacial score (nSPS) is 13.5. The smallest absolute Gasteiger partial charge is 0.221 e. The van der Waals surface area contributed by atoms with E-state index >= 15 is 0 Å². The van der Waals surface area contributed by atoms with Crippen molar-refractivity contribution in [3.05, 3.63) is 0 Å². The lowest BCUT2D eigenvalue weighted by atomic mass is 10.0. The zero-order chi connectivity index (χ0) is 32.0. The van der Waals surface area contributed by atoms with Crippen molar-refractivity contribution in [3.63, 3.8) is 0 Å². The topological polar surface area (TPSA) is 44.7 Å². The van der Waals surface area contributed by atoms with Crippen LogP contribution in [0.25, 0.3) is 0 Å². The number of amidine groups is 1. The molecule has 4 heteroatoms. The van der Waals surface area contributed by atoms with Crippen LogP contribution in [-0.4, -0.2) is 35.4 Å². The molecule has 1 amide bonds. The zero-order valence-electron chi connectivity index (χ0n) is 30.6. The van der Waals surface area contributed by atoms with E-state index in [1.54, 1.807) is 0 Å². The monoisotopic (exact) mass is 618 g/mol. The summed E-state index contributed by atoms with van der Waals surface area (Å²) >= 11 is 0. The molecule has 1 aliphatic rings. The van der Waals surface area contributed by atoms with E-state index in [-0.39, 0.29) is 11.6 Å². The molecular formula is C40H79N3O. The average molecular weight is 618 g/mol. The molecule has 4 nitrogen and oxygen atoms in total. The highest BCUT2D eigenvalue weighted by Gasteiger charge is 2.32. The van der Waals surface area contributed by atoms with Crippen molar-refractivity contribution in [2.24, 2.45) is 4.99 Å². The third-order valence-corrected chi connectivity index (χ3v) is 9.81. The summed E-state index contributed by atoms with van der Waals surface area (Å²) in [4.78, 5) is 20.0. The number of unbranched alkanes of at least 4 members (excludes halogenated alkanes) is 27. The molecule has 260 valence electrons. The molecule has 0 spiro atoms. The fourth-order valence-electron chi connectivity index (χ4n) is 6.92. The zero-order valence-corrected chi connectivity index (χ0v) is 30.6. The van der Waals surface area contributed by atoms with Crippen LogP contribution in [0.3, 0.4) is 0 Å². The number of aliphatic imine (C=N–C) groups is 1. The molecule has 0 fully saturated rings. The van der Waals surface area contributed by atoms with Crippen LogP contribution in [-0.2, 0) is 4.79 Å². The molecule has 0 atom stereocenters. The van der Waals surface area contributed by atoms with Gasteiger partial charge in [-0.1, -0.05) is 187 Å². The van der Waals surface area contributed by atoms with Crippen molar-refractivity contribution in [1.82, 2.24) is 10.2 Å². The van der Waals surface area contributed by atoms with Crippen LogP contribution in [0, 0.1) is 0 Å². The first-order valence-electron chi connectivity index (χ1n) is 20.1. The lowest BCUT2D eigenvalue weighted by molar-refractivity contribution is -0.124. The average Bonchev–Trinajstić information content (AvgIpc) is 3.49. The Kier molecular flexibility index (Phi) is 27.3. The van der Waals surface area contributed by atoms with Gasteiger partial charge in [0.25, 0.3) is 0 Å². The number of hydrogen-bond acceptors (Lipinski definition) is 3. The van der Waals surface area contributed by atoms with Gasteiger partial charge in [-0.3, -0.25) is 9.79 Å². The molecule has 0 aromatic heterocycles. The molecule has 44 heavy (non-hydrogen) atoms. The molecule has 0 saturated heterocycles. The fraction of sp³-hybridized carbons (Fsp3) is 0.950. The molecule has 0 aromatic rings. The van der Waals surface area contributed by atoms with Crippen molar-refractivity contribution >= 4 is 11.7 Å². The van der Waals surface area contributed by atoms with Gasteiger partial charge in [0.05, 0.1) is 6.54 Å². The van der Waals surface area contributed by atoms with Gasteiger partial charge >= 0.3 is 0 Å². The van der Waals surface area contributed by atoms with E-state index in [1.165, 1.54) is 186 Å². The molecule has 1 rings (SSSR count). The molecule has 0 aliphatic carbocycles. The second-order valence-corrected chi connectivity index (χ2v) is 14.6. The van der Waals surface area contributed by atoms with E-state index < -0.39 is 0 Å². The summed E-state index contributed by atoms with van der Waals surface area (Å²) in [7, 11) is 0. The summed E-state index contributed by atoms with van der Waals surface area (Å²) in [5.41, 5.74) is -0.349. The SMILES string of the molecule is CCCCCCCCCCCCCCCCCCC1=NCCN1C(C)(C)NC(=O)CCCCCCCCCCCCCCC. The van der Waals surface area contributed by atoms with Crippen molar-refractivity contribution < 1.29 is 4.79 Å². The van der Waals surface area contributed by atoms with Crippen molar-refractivity contribution in [2.75, 3.05) is 13.1 Å². The van der Waals surface area contributed by atoms with E-state index in [0.717, 1.165) is 25.9 Å². The van der Waals surface area contributed by atoms with Gasteiger partial charge in [0.2, 0.25) is 5.91 Å². The van der Waals surface area contributed by atoms with E-state index in [1.807, 2.05) is 0 Å². The minimum absolute atomic E-state index is 0.201. The van der Waals surface area contributed by atoms with E-state index in [4.69, 9.17) is 4.99 Å². The number of nitrogens with one attached hydrogen (secondary N) is 1. The second kappa shape index (κ2) is 29.3. The van der Waals surface area contributed by atoms with Crippen LogP contribution in [0.4, 0.5) is 0 Å². The van der Waals surface area contributed by atoms with Gasteiger partial charge < -0.3 is 10.2 Å². The Morgan fingerprint density at radius 3 is 1.30 bits per heavy atom. The molecule has 1 heterocycles. The van der Waals surface area contributed by atoms with Crippen molar-refractivity contribution in [3.8, 4) is 0 Å². The number of rotatable bonds is 33. The van der Waals surface area contributed by atoms with Gasteiger partial charge in [0.15, 0.2) is 0 Å². The van der Waals surface area contributed by atoms with Crippen LogP contribution in [0.1, 0.15) is 227 Å². The van der Waals surface area contributed by atoms with Crippen molar-refractivity contribution in [2.45, 2.75) is 232 Å². The molecule has 0 saturated carbocycles. The van der Waals surface area contributed by atoms with Crippen LogP contribution >= 0.6 is 0 Å². The maximum absolute atomic E-state index is 12.8. The number of nitrogens with zero attached hydrogens (tertiary/aromatic N) is 2. The number of carbonyl (C=O) groups is 1. The Morgan fingerprint density at radius 1 is 0.568 bits per heavy atom.